The molecule has 1 heterocycles. The largest absolute Gasteiger partial charge is 0.371 e. The summed E-state index contributed by atoms with van der Waals surface area (Å²) in [5.74, 6) is -1.50. The van der Waals surface area contributed by atoms with Crippen LogP contribution in [0.4, 0.5) is 11.4 Å². The number of anilines is 2. The molecular weight excluding hydrogens is 414 g/mol. The predicted octanol–water partition coefficient (Wildman–Crippen LogP) is 3.51. The number of sulfone groups is 1. The summed E-state index contributed by atoms with van der Waals surface area (Å²) in [7, 11) is -3.47. The van der Waals surface area contributed by atoms with E-state index in [0.29, 0.717) is 18.5 Å². The van der Waals surface area contributed by atoms with E-state index in [9.17, 15) is 18.0 Å². The molecule has 0 bridgehead atoms. The SMILES string of the molecule is CCCCCS(=O)(=O)CC(=O)NC(CCCC)C(=O)Nc1cccc(N2CCCC2)c1. The van der Waals surface area contributed by atoms with Gasteiger partial charge in [0.25, 0.3) is 0 Å². The van der Waals surface area contributed by atoms with Crippen LogP contribution in [0.25, 0.3) is 0 Å². The molecule has 2 rings (SSSR count). The molecule has 2 amide bonds. The first-order valence-electron chi connectivity index (χ1n) is 11.5. The monoisotopic (exact) mass is 451 g/mol. The van der Waals surface area contributed by atoms with E-state index < -0.39 is 27.5 Å². The van der Waals surface area contributed by atoms with Crippen molar-refractivity contribution in [1.29, 1.82) is 0 Å². The minimum absolute atomic E-state index is 0.00335. The van der Waals surface area contributed by atoms with Crippen molar-refractivity contribution in [2.75, 3.05) is 34.8 Å². The van der Waals surface area contributed by atoms with Gasteiger partial charge in [0, 0.05) is 24.5 Å². The summed E-state index contributed by atoms with van der Waals surface area (Å²) in [6.45, 7) is 6.03. The van der Waals surface area contributed by atoms with Gasteiger partial charge in [-0.1, -0.05) is 45.6 Å². The third-order valence-corrected chi connectivity index (χ3v) is 7.11. The van der Waals surface area contributed by atoms with Crippen LogP contribution in [-0.2, 0) is 19.4 Å². The van der Waals surface area contributed by atoms with E-state index in [1.54, 1.807) is 0 Å². The number of carbonyl (C=O) groups excluding carboxylic acids is 2. The zero-order chi connectivity index (χ0) is 22.7. The molecule has 2 N–H and O–H groups in total. The van der Waals surface area contributed by atoms with Crippen LogP contribution < -0.4 is 15.5 Å². The first-order chi connectivity index (χ1) is 14.8. The molecule has 1 aromatic carbocycles. The zero-order valence-corrected chi connectivity index (χ0v) is 19.7. The van der Waals surface area contributed by atoms with Crippen LogP contribution in [0.1, 0.15) is 65.2 Å². The van der Waals surface area contributed by atoms with Crippen LogP contribution in [0.3, 0.4) is 0 Å². The van der Waals surface area contributed by atoms with E-state index in [1.807, 2.05) is 38.1 Å². The first kappa shape index (κ1) is 25.2. The number of nitrogens with one attached hydrogen (secondary N) is 2. The fourth-order valence-corrected chi connectivity index (χ4v) is 5.01. The fraction of sp³-hybridized carbons (Fsp3) is 0.652. The maximum atomic E-state index is 12.9. The lowest BCUT2D eigenvalue weighted by Gasteiger charge is -2.21. The topological polar surface area (TPSA) is 95.6 Å². The number of rotatable bonds is 13. The van der Waals surface area contributed by atoms with Gasteiger partial charge < -0.3 is 15.5 Å². The van der Waals surface area contributed by atoms with Crippen molar-refractivity contribution in [3.05, 3.63) is 24.3 Å². The molecule has 0 radical (unpaired) electrons. The van der Waals surface area contributed by atoms with Crippen LogP contribution in [-0.4, -0.2) is 50.9 Å². The van der Waals surface area contributed by atoms with Crippen LogP contribution >= 0.6 is 0 Å². The molecule has 1 atom stereocenters. The smallest absolute Gasteiger partial charge is 0.246 e. The van der Waals surface area contributed by atoms with Crippen molar-refractivity contribution >= 4 is 33.0 Å². The van der Waals surface area contributed by atoms with E-state index in [4.69, 9.17) is 0 Å². The quantitative estimate of drug-likeness (QED) is 0.448. The second-order valence-electron chi connectivity index (χ2n) is 8.30. The molecule has 1 aromatic rings. The number of amides is 2. The highest BCUT2D eigenvalue weighted by Crippen LogP contribution is 2.23. The van der Waals surface area contributed by atoms with Crippen LogP contribution in [0, 0.1) is 0 Å². The van der Waals surface area contributed by atoms with Crippen LogP contribution in [0.2, 0.25) is 0 Å². The first-order valence-corrected chi connectivity index (χ1v) is 13.3. The maximum Gasteiger partial charge on any atom is 0.246 e. The minimum atomic E-state index is -3.47. The molecule has 1 saturated heterocycles. The molecule has 174 valence electrons. The van der Waals surface area contributed by atoms with E-state index >= 15 is 0 Å². The molecule has 7 nitrogen and oxygen atoms in total. The number of hydrogen-bond donors (Lipinski definition) is 2. The summed E-state index contributed by atoms with van der Waals surface area (Å²) in [5.41, 5.74) is 1.75. The Hall–Kier alpha value is -2.09. The zero-order valence-electron chi connectivity index (χ0n) is 18.9. The Kier molecular flexibility index (Phi) is 10.3. The van der Waals surface area contributed by atoms with Gasteiger partial charge in [0.05, 0.1) is 5.75 Å². The summed E-state index contributed by atoms with van der Waals surface area (Å²) in [6.07, 6.45) is 6.73. The molecule has 0 aromatic heterocycles. The van der Waals surface area contributed by atoms with Crippen molar-refractivity contribution in [3.63, 3.8) is 0 Å². The van der Waals surface area contributed by atoms with Crippen LogP contribution in [0.5, 0.6) is 0 Å². The Bertz CT molecular complexity index is 820. The van der Waals surface area contributed by atoms with Gasteiger partial charge in [0.2, 0.25) is 11.8 Å². The Balaban J connectivity index is 1.98. The third-order valence-electron chi connectivity index (χ3n) is 5.49. The van der Waals surface area contributed by atoms with Crippen molar-refractivity contribution < 1.29 is 18.0 Å². The van der Waals surface area contributed by atoms with Gasteiger partial charge in [-0.2, -0.15) is 0 Å². The average Bonchev–Trinajstić information content (AvgIpc) is 3.26. The lowest BCUT2D eigenvalue weighted by molar-refractivity contribution is -0.125. The van der Waals surface area contributed by atoms with Gasteiger partial charge in [0.1, 0.15) is 11.8 Å². The summed E-state index contributed by atoms with van der Waals surface area (Å²) >= 11 is 0. The third kappa shape index (κ3) is 8.89. The highest BCUT2D eigenvalue weighted by molar-refractivity contribution is 7.92. The van der Waals surface area contributed by atoms with E-state index in [0.717, 1.165) is 44.5 Å². The molecule has 1 aliphatic heterocycles. The number of nitrogens with zero attached hydrogens (tertiary/aromatic N) is 1. The minimum Gasteiger partial charge on any atom is -0.371 e. The molecule has 31 heavy (non-hydrogen) atoms. The van der Waals surface area contributed by atoms with E-state index in [2.05, 4.69) is 15.5 Å². The van der Waals surface area contributed by atoms with Gasteiger partial charge in [-0.3, -0.25) is 9.59 Å². The lowest BCUT2D eigenvalue weighted by atomic mass is 10.1. The summed E-state index contributed by atoms with van der Waals surface area (Å²) in [5, 5.41) is 5.54. The molecule has 1 unspecified atom stereocenters. The molecule has 1 fully saturated rings. The average molecular weight is 452 g/mol. The molecular formula is C23H37N3O4S. The van der Waals surface area contributed by atoms with Gasteiger partial charge >= 0.3 is 0 Å². The van der Waals surface area contributed by atoms with Crippen molar-refractivity contribution in [3.8, 4) is 0 Å². The highest BCUT2D eigenvalue weighted by atomic mass is 32.2. The normalized spacial score (nSPS) is 15.0. The highest BCUT2D eigenvalue weighted by Gasteiger charge is 2.24. The van der Waals surface area contributed by atoms with Gasteiger partial charge in [-0.15, -0.1) is 0 Å². The summed E-state index contributed by atoms with van der Waals surface area (Å²) < 4.78 is 24.3. The van der Waals surface area contributed by atoms with Gasteiger partial charge in [-0.05, 0) is 43.9 Å². The molecule has 0 spiro atoms. The second kappa shape index (κ2) is 12.7. The molecule has 0 aliphatic carbocycles. The fourth-order valence-electron chi connectivity index (χ4n) is 3.74. The van der Waals surface area contributed by atoms with Gasteiger partial charge in [-0.25, -0.2) is 8.42 Å². The lowest BCUT2D eigenvalue weighted by Crippen LogP contribution is -2.46. The van der Waals surface area contributed by atoms with Crippen molar-refractivity contribution in [1.82, 2.24) is 5.32 Å². The van der Waals surface area contributed by atoms with Crippen LogP contribution in [0.15, 0.2) is 24.3 Å². The maximum absolute atomic E-state index is 12.9. The van der Waals surface area contributed by atoms with Crippen molar-refractivity contribution in [2.24, 2.45) is 0 Å². The van der Waals surface area contributed by atoms with Gasteiger partial charge in [0.15, 0.2) is 9.84 Å². The molecule has 8 heteroatoms. The Morgan fingerprint density at radius 1 is 1.06 bits per heavy atom. The molecule has 1 aliphatic rings. The van der Waals surface area contributed by atoms with E-state index in [-0.39, 0.29) is 11.7 Å². The predicted molar refractivity (Wildman–Crippen MR) is 126 cm³/mol. The second-order valence-corrected chi connectivity index (χ2v) is 10.5. The number of benzene rings is 1. The number of carbonyl (C=O) groups is 2. The Labute approximate surface area is 186 Å². The number of unbranched alkanes of at least 4 members (excludes halogenated alkanes) is 3. The van der Waals surface area contributed by atoms with Crippen molar-refractivity contribution in [2.45, 2.75) is 71.3 Å². The summed E-state index contributed by atoms with van der Waals surface area (Å²) in [6, 6.07) is 6.95. The Morgan fingerprint density at radius 2 is 1.77 bits per heavy atom. The Morgan fingerprint density at radius 3 is 2.45 bits per heavy atom. The molecule has 0 saturated carbocycles. The van der Waals surface area contributed by atoms with E-state index in [1.165, 1.54) is 12.8 Å². The summed E-state index contributed by atoms with van der Waals surface area (Å²) in [4.78, 5) is 27.5. The standard InChI is InChI=1S/C23H37N3O4S/c1-3-5-9-16-31(29,30)18-22(27)25-21(13-6-4-2)23(28)24-19-11-10-12-20(17-19)26-14-7-8-15-26/h10-12,17,21H,3-9,13-16,18H2,1-2H3,(H,24,28)(H,25,27). The number of hydrogen-bond acceptors (Lipinski definition) is 5.